The Morgan fingerprint density at radius 2 is 2.04 bits per heavy atom. The van der Waals surface area contributed by atoms with Crippen molar-refractivity contribution < 1.29 is 8.42 Å². The summed E-state index contributed by atoms with van der Waals surface area (Å²) in [6, 6.07) is 3.75. The first-order chi connectivity index (χ1) is 11.3. The Labute approximate surface area is 142 Å². The van der Waals surface area contributed by atoms with E-state index < -0.39 is 10.0 Å². The lowest BCUT2D eigenvalue weighted by atomic mass is 9.92. The molecule has 0 bridgehead atoms. The molecule has 2 aromatic heterocycles. The molecule has 24 heavy (non-hydrogen) atoms. The van der Waals surface area contributed by atoms with Gasteiger partial charge in [-0.05, 0) is 31.4 Å². The predicted molar refractivity (Wildman–Crippen MR) is 89.9 cm³/mol. The van der Waals surface area contributed by atoms with Crippen molar-refractivity contribution in [3.8, 4) is 0 Å². The van der Waals surface area contributed by atoms with Crippen LogP contribution in [-0.2, 0) is 22.0 Å². The Hall–Kier alpha value is -1.80. The van der Waals surface area contributed by atoms with Gasteiger partial charge in [0, 0.05) is 17.3 Å². The summed E-state index contributed by atoms with van der Waals surface area (Å²) in [6.45, 7) is 6.23. The number of nitrogens with zero attached hydrogens (tertiary/aromatic N) is 4. The highest BCUT2D eigenvalue weighted by Gasteiger charge is 2.22. The van der Waals surface area contributed by atoms with Gasteiger partial charge in [0.2, 0.25) is 10.0 Å². The molecule has 1 aliphatic rings. The van der Waals surface area contributed by atoms with Gasteiger partial charge in [0.05, 0.1) is 24.5 Å². The van der Waals surface area contributed by atoms with E-state index >= 15 is 0 Å². The van der Waals surface area contributed by atoms with E-state index in [1.165, 1.54) is 12.6 Å². The van der Waals surface area contributed by atoms with Crippen molar-refractivity contribution in [2.75, 3.05) is 0 Å². The van der Waals surface area contributed by atoms with E-state index in [4.69, 9.17) is 0 Å². The molecule has 0 amide bonds. The van der Waals surface area contributed by atoms with Gasteiger partial charge in [-0.1, -0.05) is 26.0 Å². The molecule has 0 spiro atoms. The Balaban J connectivity index is 1.66. The number of hydrogen-bond acceptors (Lipinski definition) is 5. The smallest absolute Gasteiger partial charge is 0.242 e. The highest BCUT2D eigenvalue weighted by molar-refractivity contribution is 7.89. The Bertz CT molecular complexity index is 802. The largest absolute Gasteiger partial charge is 0.259 e. The van der Waals surface area contributed by atoms with Crippen LogP contribution in [0, 0.1) is 0 Å². The fraction of sp³-hybridized carbons (Fsp3) is 0.562. The van der Waals surface area contributed by atoms with Gasteiger partial charge in [-0.15, -0.1) is 5.10 Å². The molecule has 0 saturated heterocycles. The van der Waals surface area contributed by atoms with Crippen molar-refractivity contribution in [3.63, 3.8) is 0 Å². The highest BCUT2D eigenvalue weighted by atomic mass is 32.2. The molecule has 3 rings (SSSR count). The Kier molecular flexibility index (Phi) is 4.44. The first-order valence-corrected chi connectivity index (χ1v) is 9.61. The third-order valence-corrected chi connectivity index (χ3v) is 5.65. The zero-order valence-corrected chi connectivity index (χ0v) is 15.0. The summed E-state index contributed by atoms with van der Waals surface area (Å²) in [5.41, 5.74) is 1.35. The van der Waals surface area contributed by atoms with Crippen molar-refractivity contribution in [2.45, 2.75) is 62.9 Å². The zero-order valence-electron chi connectivity index (χ0n) is 14.2. The maximum absolute atomic E-state index is 12.4. The summed E-state index contributed by atoms with van der Waals surface area (Å²) >= 11 is 0. The lowest BCUT2D eigenvalue weighted by molar-refractivity contribution is 0.284. The van der Waals surface area contributed by atoms with Crippen LogP contribution in [0.4, 0.5) is 0 Å². The molecular formula is C16H23N5O2S. The van der Waals surface area contributed by atoms with Crippen LogP contribution in [0.25, 0.3) is 0 Å². The molecule has 130 valence electrons. The van der Waals surface area contributed by atoms with E-state index in [0.717, 1.165) is 18.5 Å². The standard InChI is InChI=1S/C16H23N5O2S/c1-16(2,3)15-8-7-14(10-17-15)24(22,23)18-9-12-11-21(20-19-12)13-5-4-6-13/h7-8,10-11,13,18H,4-6,9H2,1-3H3. The summed E-state index contributed by atoms with van der Waals surface area (Å²) in [4.78, 5) is 4.42. The molecule has 0 radical (unpaired) electrons. The number of sulfonamides is 1. The topological polar surface area (TPSA) is 89.8 Å². The monoisotopic (exact) mass is 349 g/mol. The van der Waals surface area contributed by atoms with Gasteiger partial charge in [-0.2, -0.15) is 0 Å². The first-order valence-electron chi connectivity index (χ1n) is 8.13. The quantitative estimate of drug-likeness (QED) is 0.893. The van der Waals surface area contributed by atoms with Crippen LogP contribution >= 0.6 is 0 Å². The molecule has 0 aromatic carbocycles. The van der Waals surface area contributed by atoms with E-state index in [2.05, 4.69) is 20.0 Å². The SMILES string of the molecule is CC(C)(C)c1ccc(S(=O)(=O)NCc2cn(C3CCC3)nn2)cn1. The summed E-state index contributed by atoms with van der Waals surface area (Å²) in [6.07, 6.45) is 6.64. The second kappa shape index (κ2) is 6.25. The maximum atomic E-state index is 12.4. The molecule has 0 atom stereocenters. The molecule has 1 fully saturated rings. The van der Waals surface area contributed by atoms with Gasteiger partial charge < -0.3 is 0 Å². The fourth-order valence-electron chi connectivity index (χ4n) is 2.46. The van der Waals surface area contributed by atoms with E-state index in [9.17, 15) is 8.42 Å². The van der Waals surface area contributed by atoms with Crippen molar-refractivity contribution in [3.05, 3.63) is 35.9 Å². The number of nitrogens with one attached hydrogen (secondary N) is 1. The Morgan fingerprint density at radius 1 is 1.29 bits per heavy atom. The molecule has 1 aliphatic carbocycles. The summed E-state index contributed by atoms with van der Waals surface area (Å²) in [5, 5.41) is 8.10. The molecule has 8 heteroatoms. The van der Waals surface area contributed by atoms with Gasteiger partial charge in [0.1, 0.15) is 4.90 Å². The predicted octanol–water partition coefficient (Wildman–Crippen LogP) is 2.17. The minimum atomic E-state index is -3.61. The lowest BCUT2D eigenvalue weighted by Crippen LogP contribution is -2.24. The van der Waals surface area contributed by atoms with Gasteiger partial charge in [0.15, 0.2) is 0 Å². The van der Waals surface area contributed by atoms with Crippen molar-refractivity contribution >= 4 is 10.0 Å². The van der Waals surface area contributed by atoms with Crippen LogP contribution in [-0.4, -0.2) is 28.4 Å². The van der Waals surface area contributed by atoms with Gasteiger partial charge >= 0.3 is 0 Å². The number of hydrogen-bond donors (Lipinski definition) is 1. The van der Waals surface area contributed by atoms with Crippen LogP contribution in [0.5, 0.6) is 0 Å². The van der Waals surface area contributed by atoms with Crippen LogP contribution in [0.2, 0.25) is 0 Å². The fourth-order valence-corrected chi connectivity index (χ4v) is 3.40. The highest BCUT2D eigenvalue weighted by Crippen LogP contribution is 2.30. The second-order valence-electron chi connectivity index (χ2n) is 7.23. The summed E-state index contributed by atoms with van der Waals surface area (Å²) in [5.74, 6) is 0. The second-order valence-corrected chi connectivity index (χ2v) is 9.00. The first kappa shape index (κ1) is 17.0. The van der Waals surface area contributed by atoms with Crippen molar-refractivity contribution in [1.29, 1.82) is 0 Å². The lowest BCUT2D eigenvalue weighted by Gasteiger charge is -2.24. The minimum absolute atomic E-state index is 0.115. The molecule has 2 heterocycles. The number of pyridine rings is 1. The van der Waals surface area contributed by atoms with Gasteiger partial charge in [-0.3, -0.25) is 4.98 Å². The van der Waals surface area contributed by atoms with E-state index in [1.807, 2.05) is 31.6 Å². The van der Waals surface area contributed by atoms with Crippen LogP contribution in [0.3, 0.4) is 0 Å². The molecular weight excluding hydrogens is 326 g/mol. The molecule has 0 unspecified atom stereocenters. The van der Waals surface area contributed by atoms with E-state index in [1.54, 1.807) is 12.1 Å². The third-order valence-electron chi connectivity index (χ3n) is 4.26. The number of aromatic nitrogens is 4. The Morgan fingerprint density at radius 3 is 2.58 bits per heavy atom. The average molecular weight is 349 g/mol. The molecule has 0 aliphatic heterocycles. The molecule has 2 aromatic rings. The van der Waals surface area contributed by atoms with Crippen LogP contribution in [0.15, 0.2) is 29.4 Å². The summed E-state index contributed by atoms with van der Waals surface area (Å²) in [7, 11) is -3.61. The van der Waals surface area contributed by atoms with E-state index in [-0.39, 0.29) is 16.9 Å². The van der Waals surface area contributed by atoms with Crippen LogP contribution in [0.1, 0.15) is 57.5 Å². The van der Waals surface area contributed by atoms with Crippen molar-refractivity contribution in [2.24, 2.45) is 0 Å². The third kappa shape index (κ3) is 3.64. The molecule has 1 saturated carbocycles. The molecule has 1 N–H and O–H groups in total. The van der Waals surface area contributed by atoms with E-state index in [0.29, 0.717) is 11.7 Å². The minimum Gasteiger partial charge on any atom is -0.259 e. The molecule has 7 nitrogen and oxygen atoms in total. The zero-order chi connectivity index (χ0) is 17.4. The van der Waals surface area contributed by atoms with Gasteiger partial charge in [-0.25, -0.2) is 17.8 Å². The van der Waals surface area contributed by atoms with Gasteiger partial charge in [0.25, 0.3) is 0 Å². The van der Waals surface area contributed by atoms with Crippen LogP contribution < -0.4 is 4.72 Å². The normalized spacial score (nSPS) is 16.1. The maximum Gasteiger partial charge on any atom is 0.242 e. The average Bonchev–Trinajstić information content (AvgIpc) is 2.91. The van der Waals surface area contributed by atoms with Crippen molar-refractivity contribution in [1.82, 2.24) is 24.7 Å². The number of rotatable bonds is 5. The summed E-state index contributed by atoms with van der Waals surface area (Å²) < 4.78 is 29.1.